The van der Waals surface area contributed by atoms with E-state index in [-0.39, 0.29) is 29.9 Å². The zero-order valence-corrected chi connectivity index (χ0v) is 16.9. The fourth-order valence-corrected chi connectivity index (χ4v) is 3.94. The van der Waals surface area contributed by atoms with Crippen LogP contribution >= 0.6 is 0 Å². The Morgan fingerprint density at radius 2 is 1.50 bits per heavy atom. The molecule has 0 aliphatic heterocycles. The molecular weight excluding hydrogens is 415 g/mol. The first-order valence-electron chi connectivity index (χ1n) is 9.24. The predicted molar refractivity (Wildman–Crippen MR) is 110 cm³/mol. The van der Waals surface area contributed by atoms with Gasteiger partial charge in [-0.3, -0.25) is 9.00 Å². The first-order valence-corrected chi connectivity index (χ1v) is 10.7. The normalized spacial score (nSPS) is 14.3. The summed E-state index contributed by atoms with van der Waals surface area (Å²) in [7, 11) is -1.58. The van der Waals surface area contributed by atoms with Gasteiger partial charge in [0.25, 0.3) is 0 Å². The quantitative estimate of drug-likeness (QED) is 0.618. The number of aliphatic carboxylic acids is 1. The van der Waals surface area contributed by atoms with Gasteiger partial charge in [0, 0.05) is 33.4 Å². The zero-order valence-electron chi connectivity index (χ0n) is 16.1. The molecule has 0 heterocycles. The lowest BCUT2D eigenvalue weighted by molar-refractivity contribution is -0.150. The second-order valence-corrected chi connectivity index (χ2v) is 8.40. The van der Waals surface area contributed by atoms with Crippen LogP contribution in [0, 0.1) is 11.8 Å². The maximum atomic E-state index is 13.5. The number of carboxylic acid groups (broad SMARTS) is 1. The van der Waals surface area contributed by atoms with Crippen molar-refractivity contribution in [3.8, 4) is 11.8 Å². The van der Waals surface area contributed by atoms with Crippen molar-refractivity contribution in [2.24, 2.45) is 5.73 Å². The van der Waals surface area contributed by atoms with Crippen molar-refractivity contribution < 1.29 is 27.3 Å². The Morgan fingerprint density at radius 3 is 2.03 bits per heavy atom. The summed E-state index contributed by atoms with van der Waals surface area (Å²) < 4.78 is 52.5. The van der Waals surface area contributed by atoms with E-state index in [1.807, 2.05) is 30.3 Å². The predicted octanol–water partition coefficient (Wildman–Crippen LogP) is 3.67. The monoisotopic (exact) mass is 437 g/mol. The third-order valence-corrected chi connectivity index (χ3v) is 5.82. The largest absolute Gasteiger partial charge is 0.480 e. The Kier molecular flexibility index (Phi) is 8.63. The van der Waals surface area contributed by atoms with Gasteiger partial charge in [-0.25, -0.2) is 0 Å². The van der Waals surface area contributed by atoms with Crippen molar-refractivity contribution in [1.82, 2.24) is 0 Å². The Balaban J connectivity index is 2.02. The van der Waals surface area contributed by atoms with Gasteiger partial charge in [-0.1, -0.05) is 42.2 Å². The van der Waals surface area contributed by atoms with Gasteiger partial charge in [-0.15, -0.1) is 0 Å². The first kappa shape index (κ1) is 23.6. The van der Waals surface area contributed by atoms with Crippen molar-refractivity contribution in [2.45, 2.75) is 31.0 Å². The molecule has 0 aliphatic carbocycles. The molecule has 160 valence electrons. The highest BCUT2D eigenvalue weighted by atomic mass is 32.2. The molecule has 0 saturated heterocycles. The summed E-state index contributed by atoms with van der Waals surface area (Å²) in [5.74, 6) is 2.64. The van der Waals surface area contributed by atoms with Crippen molar-refractivity contribution in [2.75, 3.05) is 11.5 Å². The standard InChI is InChI=1S/C22H22F3NO3S/c23-22(24,25)19(12-14-30(29)15-13-20(26)21(27)28)18-10-8-17(9-11-18)7-6-16-4-2-1-3-5-16/h1-5,8-11,19-20H,12-15,26H2,(H,27,28). The molecular formula is C22H22F3NO3S. The number of carbonyl (C=O) groups is 1. The van der Waals surface area contributed by atoms with E-state index < -0.39 is 34.9 Å². The fourth-order valence-electron chi connectivity index (χ4n) is 2.72. The van der Waals surface area contributed by atoms with Crippen molar-refractivity contribution in [1.29, 1.82) is 0 Å². The molecule has 0 aliphatic rings. The van der Waals surface area contributed by atoms with Gasteiger partial charge < -0.3 is 10.8 Å². The number of carboxylic acids is 1. The highest BCUT2D eigenvalue weighted by Crippen LogP contribution is 2.37. The van der Waals surface area contributed by atoms with E-state index in [1.165, 1.54) is 24.3 Å². The maximum Gasteiger partial charge on any atom is 0.395 e. The van der Waals surface area contributed by atoms with Gasteiger partial charge in [0.1, 0.15) is 6.04 Å². The highest BCUT2D eigenvalue weighted by molar-refractivity contribution is 7.84. The summed E-state index contributed by atoms with van der Waals surface area (Å²) in [5, 5.41) is 8.71. The number of halogens is 3. The lowest BCUT2D eigenvalue weighted by Gasteiger charge is -2.20. The van der Waals surface area contributed by atoms with E-state index in [9.17, 15) is 22.2 Å². The Hall–Kier alpha value is -2.63. The molecule has 3 N–H and O–H groups in total. The molecule has 2 aromatic rings. The molecule has 3 unspecified atom stereocenters. The lowest BCUT2D eigenvalue weighted by atomic mass is 9.95. The van der Waals surface area contributed by atoms with Gasteiger partial charge in [-0.2, -0.15) is 13.2 Å². The molecule has 2 aromatic carbocycles. The third kappa shape index (κ3) is 7.65. The molecule has 0 amide bonds. The van der Waals surface area contributed by atoms with Crippen molar-refractivity contribution in [3.05, 3.63) is 71.3 Å². The topological polar surface area (TPSA) is 80.4 Å². The molecule has 3 atom stereocenters. The summed E-state index contributed by atoms with van der Waals surface area (Å²) >= 11 is 0. The van der Waals surface area contributed by atoms with Crippen LogP contribution in [0.15, 0.2) is 54.6 Å². The lowest BCUT2D eigenvalue weighted by Crippen LogP contribution is -2.32. The minimum absolute atomic E-state index is 0.0482. The molecule has 0 spiro atoms. The van der Waals surface area contributed by atoms with Crippen molar-refractivity contribution in [3.63, 3.8) is 0 Å². The van der Waals surface area contributed by atoms with Crippen LogP contribution in [0.1, 0.15) is 35.4 Å². The van der Waals surface area contributed by atoms with Crippen LogP contribution in [0.4, 0.5) is 13.2 Å². The van der Waals surface area contributed by atoms with E-state index in [2.05, 4.69) is 11.8 Å². The molecule has 0 fully saturated rings. The van der Waals surface area contributed by atoms with E-state index in [1.54, 1.807) is 0 Å². The van der Waals surface area contributed by atoms with Crippen LogP contribution in [0.25, 0.3) is 0 Å². The summed E-state index contributed by atoms with van der Waals surface area (Å²) in [6.07, 6.45) is -4.89. The number of rotatable bonds is 8. The average molecular weight is 437 g/mol. The van der Waals surface area contributed by atoms with Crippen LogP contribution in [-0.2, 0) is 15.6 Å². The molecule has 30 heavy (non-hydrogen) atoms. The van der Waals surface area contributed by atoms with Gasteiger partial charge in [0.05, 0.1) is 5.92 Å². The van der Waals surface area contributed by atoms with Gasteiger partial charge in [0.15, 0.2) is 0 Å². The number of benzene rings is 2. The Bertz CT molecular complexity index is 919. The molecule has 0 saturated carbocycles. The second kappa shape index (κ2) is 11.0. The third-order valence-electron chi connectivity index (χ3n) is 4.44. The molecule has 4 nitrogen and oxygen atoms in total. The fraction of sp³-hybridized carbons (Fsp3) is 0.318. The molecule has 0 bridgehead atoms. The SMILES string of the molecule is NC(CCS(=O)CCC(c1ccc(C#Cc2ccccc2)cc1)C(F)(F)F)C(=O)O. The first-order chi connectivity index (χ1) is 14.2. The second-order valence-electron chi connectivity index (χ2n) is 6.70. The van der Waals surface area contributed by atoms with Crippen LogP contribution in [0.5, 0.6) is 0 Å². The number of alkyl halides is 3. The Morgan fingerprint density at radius 1 is 0.967 bits per heavy atom. The molecule has 8 heteroatoms. The van der Waals surface area contributed by atoms with Crippen LogP contribution in [-0.4, -0.2) is 39.0 Å². The van der Waals surface area contributed by atoms with Crippen molar-refractivity contribution >= 4 is 16.8 Å². The van der Waals surface area contributed by atoms with Gasteiger partial charge in [-0.05, 0) is 42.7 Å². The van der Waals surface area contributed by atoms with Crippen LogP contribution in [0.3, 0.4) is 0 Å². The van der Waals surface area contributed by atoms with E-state index >= 15 is 0 Å². The smallest absolute Gasteiger partial charge is 0.395 e. The minimum Gasteiger partial charge on any atom is -0.480 e. The van der Waals surface area contributed by atoms with Gasteiger partial charge >= 0.3 is 12.1 Å². The average Bonchev–Trinajstić information content (AvgIpc) is 2.71. The molecule has 0 aromatic heterocycles. The molecule has 0 radical (unpaired) electrons. The summed E-state index contributed by atoms with van der Waals surface area (Å²) in [6.45, 7) is 0. The number of hydrogen-bond acceptors (Lipinski definition) is 3. The zero-order chi connectivity index (χ0) is 22.1. The summed E-state index contributed by atoms with van der Waals surface area (Å²) in [6, 6.07) is 13.9. The van der Waals surface area contributed by atoms with Crippen LogP contribution < -0.4 is 5.73 Å². The maximum absolute atomic E-state index is 13.5. The van der Waals surface area contributed by atoms with Gasteiger partial charge in [0.2, 0.25) is 0 Å². The summed E-state index contributed by atoms with van der Waals surface area (Å²) in [5.41, 5.74) is 6.81. The van der Waals surface area contributed by atoms with E-state index in [4.69, 9.17) is 10.8 Å². The van der Waals surface area contributed by atoms with E-state index in [0.29, 0.717) is 5.56 Å². The Labute approximate surface area is 175 Å². The van der Waals surface area contributed by atoms with Crippen LogP contribution in [0.2, 0.25) is 0 Å². The van der Waals surface area contributed by atoms with E-state index in [0.717, 1.165) is 5.56 Å². The minimum atomic E-state index is -4.49. The highest BCUT2D eigenvalue weighted by Gasteiger charge is 2.40. The number of hydrogen-bond donors (Lipinski definition) is 2. The summed E-state index contributed by atoms with van der Waals surface area (Å²) in [4.78, 5) is 10.7. The number of nitrogens with two attached hydrogens (primary N) is 1. The molecule has 2 rings (SSSR count).